The van der Waals surface area contributed by atoms with Crippen LogP contribution in [0.15, 0.2) is 30.3 Å². The van der Waals surface area contributed by atoms with Gasteiger partial charge in [0.05, 0.1) is 0 Å². The quantitative estimate of drug-likeness (QED) is 0.832. The van der Waals surface area contributed by atoms with Crippen LogP contribution in [0.3, 0.4) is 0 Å². The Kier molecular flexibility index (Phi) is 6.40. The molecular weight excluding hydrogens is 278 g/mol. The summed E-state index contributed by atoms with van der Waals surface area (Å²) in [5, 5.41) is 5.95. The lowest BCUT2D eigenvalue weighted by atomic mass is 9.96. The molecule has 5 nitrogen and oxygen atoms in total. The first-order valence-electron chi connectivity index (χ1n) is 7.96. The zero-order valence-corrected chi connectivity index (χ0v) is 13.2. The minimum Gasteiger partial charge on any atom is -0.356 e. The van der Waals surface area contributed by atoms with Crippen LogP contribution in [0.5, 0.6) is 0 Å². The number of piperidine rings is 1. The van der Waals surface area contributed by atoms with Gasteiger partial charge < -0.3 is 15.5 Å². The van der Waals surface area contributed by atoms with Gasteiger partial charge in [0.25, 0.3) is 5.91 Å². The highest BCUT2D eigenvalue weighted by atomic mass is 16.2. The van der Waals surface area contributed by atoms with Crippen LogP contribution in [-0.4, -0.2) is 49.9 Å². The van der Waals surface area contributed by atoms with Gasteiger partial charge in [0, 0.05) is 38.2 Å². The number of nitrogens with one attached hydrogen (secondary N) is 2. The lowest BCUT2D eigenvalue weighted by Gasteiger charge is -2.32. The minimum absolute atomic E-state index is 0.0946. The third kappa shape index (κ3) is 4.84. The number of rotatable bonds is 6. The average molecular weight is 303 g/mol. The largest absolute Gasteiger partial charge is 0.356 e. The number of carbonyl (C=O) groups excluding carboxylic acids is 2. The Morgan fingerprint density at radius 1 is 1.18 bits per heavy atom. The zero-order valence-electron chi connectivity index (χ0n) is 13.2. The predicted molar refractivity (Wildman–Crippen MR) is 86.6 cm³/mol. The van der Waals surface area contributed by atoms with Crippen LogP contribution in [0.4, 0.5) is 0 Å². The first kappa shape index (κ1) is 16.5. The highest BCUT2D eigenvalue weighted by molar-refractivity contribution is 5.94. The van der Waals surface area contributed by atoms with Crippen LogP contribution in [0.25, 0.3) is 0 Å². The summed E-state index contributed by atoms with van der Waals surface area (Å²) in [7, 11) is 1.84. The van der Waals surface area contributed by atoms with Crippen LogP contribution in [-0.2, 0) is 4.79 Å². The summed E-state index contributed by atoms with van der Waals surface area (Å²) in [6.07, 6.45) is 2.41. The summed E-state index contributed by atoms with van der Waals surface area (Å²) in [5.74, 6) is 0.674. The molecule has 1 saturated heterocycles. The molecule has 0 spiro atoms. The Morgan fingerprint density at radius 3 is 2.50 bits per heavy atom. The third-order valence-corrected chi connectivity index (χ3v) is 4.11. The fourth-order valence-electron chi connectivity index (χ4n) is 2.69. The molecule has 1 fully saturated rings. The van der Waals surface area contributed by atoms with Crippen molar-refractivity contribution >= 4 is 11.8 Å². The molecule has 0 saturated carbocycles. The summed E-state index contributed by atoms with van der Waals surface area (Å²) in [5.41, 5.74) is 0.751. The first-order valence-corrected chi connectivity index (χ1v) is 7.96. The van der Waals surface area contributed by atoms with Crippen molar-refractivity contribution < 1.29 is 9.59 Å². The molecule has 1 aromatic carbocycles. The smallest absolute Gasteiger partial charge is 0.253 e. The van der Waals surface area contributed by atoms with Crippen LogP contribution in [0.1, 0.15) is 29.6 Å². The van der Waals surface area contributed by atoms with Gasteiger partial charge in [-0.25, -0.2) is 0 Å². The number of nitrogens with zero attached hydrogens (tertiary/aromatic N) is 1. The summed E-state index contributed by atoms with van der Waals surface area (Å²) in [6.45, 7) is 2.96. The highest BCUT2D eigenvalue weighted by Crippen LogP contribution is 2.18. The summed E-state index contributed by atoms with van der Waals surface area (Å²) in [6, 6.07) is 9.41. The molecule has 1 aliphatic rings. The summed E-state index contributed by atoms with van der Waals surface area (Å²) >= 11 is 0. The first-order chi connectivity index (χ1) is 10.7. The van der Waals surface area contributed by atoms with Crippen molar-refractivity contribution in [3.63, 3.8) is 0 Å². The molecule has 1 heterocycles. The molecule has 0 aromatic heterocycles. The highest BCUT2D eigenvalue weighted by Gasteiger charge is 2.23. The minimum atomic E-state index is 0.0946. The lowest BCUT2D eigenvalue weighted by molar-refractivity contribution is -0.121. The van der Waals surface area contributed by atoms with E-state index in [4.69, 9.17) is 0 Å². The molecule has 120 valence electrons. The maximum absolute atomic E-state index is 12.3. The molecule has 2 N–H and O–H groups in total. The van der Waals surface area contributed by atoms with Crippen molar-refractivity contribution in [3.05, 3.63) is 35.9 Å². The number of amides is 2. The topological polar surface area (TPSA) is 61.4 Å². The SMILES string of the molecule is CNCCC(=O)NCC1CCN(C(=O)c2ccccc2)CC1. The zero-order chi connectivity index (χ0) is 15.8. The Bertz CT molecular complexity index is 482. The maximum atomic E-state index is 12.3. The third-order valence-electron chi connectivity index (χ3n) is 4.11. The second-order valence-corrected chi connectivity index (χ2v) is 5.76. The van der Waals surface area contributed by atoms with Crippen molar-refractivity contribution in [3.8, 4) is 0 Å². The number of carbonyl (C=O) groups is 2. The molecule has 0 radical (unpaired) electrons. The van der Waals surface area contributed by atoms with Crippen molar-refractivity contribution in [2.75, 3.05) is 33.2 Å². The van der Waals surface area contributed by atoms with E-state index in [1.807, 2.05) is 42.3 Å². The van der Waals surface area contributed by atoms with E-state index in [-0.39, 0.29) is 11.8 Å². The second kappa shape index (κ2) is 8.54. The van der Waals surface area contributed by atoms with E-state index in [1.54, 1.807) is 0 Å². The Hall–Kier alpha value is -1.88. The van der Waals surface area contributed by atoms with Crippen molar-refractivity contribution in [2.24, 2.45) is 5.92 Å². The van der Waals surface area contributed by atoms with Gasteiger partial charge >= 0.3 is 0 Å². The van der Waals surface area contributed by atoms with Gasteiger partial charge in [0.2, 0.25) is 5.91 Å². The molecule has 0 unspecified atom stereocenters. The fourth-order valence-corrected chi connectivity index (χ4v) is 2.69. The summed E-state index contributed by atoms with van der Waals surface area (Å²) in [4.78, 5) is 25.8. The van der Waals surface area contributed by atoms with E-state index in [9.17, 15) is 9.59 Å². The molecule has 2 rings (SSSR count). The normalized spacial score (nSPS) is 15.6. The van der Waals surface area contributed by atoms with E-state index in [0.717, 1.165) is 38.0 Å². The summed E-state index contributed by atoms with van der Waals surface area (Å²) < 4.78 is 0. The maximum Gasteiger partial charge on any atom is 0.253 e. The molecule has 0 atom stereocenters. The molecule has 2 amide bonds. The Morgan fingerprint density at radius 2 is 1.86 bits per heavy atom. The number of hydrogen-bond acceptors (Lipinski definition) is 3. The second-order valence-electron chi connectivity index (χ2n) is 5.76. The van der Waals surface area contributed by atoms with E-state index in [1.165, 1.54) is 0 Å². The van der Waals surface area contributed by atoms with E-state index in [0.29, 0.717) is 18.9 Å². The Labute approximate surface area is 132 Å². The Balaban J connectivity index is 1.72. The van der Waals surface area contributed by atoms with Gasteiger partial charge in [-0.3, -0.25) is 9.59 Å². The molecule has 5 heteroatoms. The van der Waals surface area contributed by atoms with Gasteiger partial charge in [0.15, 0.2) is 0 Å². The van der Waals surface area contributed by atoms with Crippen molar-refractivity contribution in [2.45, 2.75) is 19.3 Å². The van der Waals surface area contributed by atoms with Crippen molar-refractivity contribution in [1.82, 2.24) is 15.5 Å². The standard InChI is InChI=1S/C17H25N3O2/c1-18-10-7-16(21)19-13-14-8-11-20(12-9-14)17(22)15-5-3-2-4-6-15/h2-6,14,18H,7-13H2,1H3,(H,19,21). The number of hydrogen-bond donors (Lipinski definition) is 2. The van der Waals surface area contributed by atoms with Gasteiger partial charge in [-0.1, -0.05) is 18.2 Å². The monoisotopic (exact) mass is 303 g/mol. The van der Waals surface area contributed by atoms with E-state index in [2.05, 4.69) is 10.6 Å². The van der Waals surface area contributed by atoms with Crippen molar-refractivity contribution in [1.29, 1.82) is 0 Å². The molecule has 0 bridgehead atoms. The molecule has 1 aromatic rings. The van der Waals surface area contributed by atoms with Crippen LogP contribution >= 0.6 is 0 Å². The average Bonchev–Trinajstić information content (AvgIpc) is 2.58. The molecule has 1 aliphatic heterocycles. The fraction of sp³-hybridized carbons (Fsp3) is 0.529. The number of likely N-dealkylation sites (tertiary alicyclic amines) is 1. The lowest BCUT2D eigenvalue weighted by Crippen LogP contribution is -2.41. The number of benzene rings is 1. The van der Waals surface area contributed by atoms with Gasteiger partial charge in [-0.15, -0.1) is 0 Å². The molecule has 22 heavy (non-hydrogen) atoms. The molecule has 0 aliphatic carbocycles. The van der Waals surface area contributed by atoms with Gasteiger partial charge in [-0.05, 0) is 37.9 Å². The van der Waals surface area contributed by atoms with Gasteiger partial charge in [-0.2, -0.15) is 0 Å². The van der Waals surface area contributed by atoms with E-state index >= 15 is 0 Å². The van der Waals surface area contributed by atoms with E-state index < -0.39 is 0 Å². The van der Waals surface area contributed by atoms with Crippen LogP contribution < -0.4 is 10.6 Å². The van der Waals surface area contributed by atoms with Gasteiger partial charge in [0.1, 0.15) is 0 Å². The van der Waals surface area contributed by atoms with Crippen LogP contribution in [0.2, 0.25) is 0 Å². The predicted octanol–water partition coefficient (Wildman–Crippen LogP) is 1.26. The van der Waals surface area contributed by atoms with Crippen LogP contribution in [0, 0.1) is 5.92 Å². The molecular formula is C17H25N3O2.